The van der Waals surface area contributed by atoms with Crippen LogP contribution in [0.5, 0.6) is 0 Å². The molecule has 2 aromatic rings. The van der Waals surface area contributed by atoms with Crippen molar-refractivity contribution in [2.75, 3.05) is 0 Å². The number of aryl methyl sites for hydroxylation is 2. The molecule has 1 aromatic carbocycles. The molecule has 0 amide bonds. The van der Waals surface area contributed by atoms with Gasteiger partial charge in [-0.3, -0.25) is 9.59 Å². The second-order valence-corrected chi connectivity index (χ2v) is 5.19. The summed E-state index contributed by atoms with van der Waals surface area (Å²) in [7, 11) is 0. The fraction of sp³-hybridized carbons (Fsp3) is 0.412. The molecular weight excluding hydrogens is 250 g/mol. The molecule has 1 N–H and O–H groups in total. The number of aromatic amines is 1. The summed E-state index contributed by atoms with van der Waals surface area (Å²) in [6.45, 7) is 4.21. The number of H-pyrrole nitrogens is 1. The Labute approximate surface area is 119 Å². The molecule has 0 saturated heterocycles. The molecule has 0 unspecified atom stereocenters. The van der Waals surface area contributed by atoms with Crippen molar-refractivity contribution in [2.24, 2.45) is 0 Å². The van der Waals surface area contributed by atoms with Gasteiger partial charge >= 0.3 is 0 Å². The van der Waals surface area contributed by atoms with Gasteiger partial charge in [-0.05, 0) is 30.4 Å². The largest absolute Gasteiger partial charge is 0.321 e. The van der Waals surface area contributed by atoms with E-state index >= 15 is 0 Å². The number of carbonyl (C=O) groups excluding carboxylic acids is 1. The zero-order valence-electron chi connectivity index (χ0n) is 12.2. The van der Waals surface area contributed by atoms with Crippen molar-refractivity contribution in [3.05, 3.63) is 45.2 Å². The zero-order valence-corrected chi connectivity index (χ0v) is 12.2. The van der Waals surface area contributed by atoms with Gasteiger partial charge in [0.15, 0.2) is 6.29 Å². The summed E-state index contributed by atoms with van der Waals surface area (Å²) in [6.07, 6.45) is 5.71. The maximum Gasteiger partial charge on any atom is 0.248 e. The molecule has 0 aliphatic heterocycles. The minimum absolute atomic E-state index is 0.125. The lowest BCUT2D eigenvalue weighted by atomic mass is 9.96. The average molecular weight is 271 g/mol. The minimum atomic E-state index is -0.125. The summed E-state index contributed by atoms with van der Waals surface area (Å²) in [5.74, 6) is 0. The monoisotopic (exact) mass is 271 g/mol. The quantitative estimate of drug-likeness (QED) is 0.815. The third-order valence-corrected chi connectivity index (χ3v) is 3.67. The highest BCUT2D eigenvalue weighted by atomic mass is 16.1. The lowest BCUT2D eigenvalue weighted by Gasteiger charge is -2.11. The smallest absolute Gasteiger partial charge is 0.248 e. The Bertz CT molecular complexity index is 670. The molecule has 0 radical (unpaired) electrons. The number of carbonyl (C=O) groups is 1. The Morgan fingerprint density at radius 1 is 1.10 bits per heavy atom. The van der Waals surface area contributed by atoms with Crippen molar-refractivity contribution >= 4 is 17.2 Å². The number of hydrogen-bond donors (Lipinski definition) is 1. The van der Waals surface area contributed by atoms with E-state index in [9.17, 15) is 9.59 Å². The van der Waals surface area contributed by atoms with Crippen LogP contribution < -0.4 is 5.56 Å². The van der Waals surface area contributed by atoms with Crippen molar-refractivity contribution in [1.82, 2.24) is 4.98 Å². The first kappa shape index (κ1) is 14.5. The van der Waals surface area contributed by atoms with Gasteiger partial charge in [0.25, 0.3) is 0 Å². The molecule has 3 heteroatoms. The van der Waals surface area contributed by atoms with Gasteiger partial charge in [0.2, 0.25) is 5.56 Å². The van der Waals surface area contributed by atoms with Crippen LogP contribution in [0.2, 0.25) is 0 Å². The average Bonchev–Trinajstić information content (AvgIpc) is 2.44. The van der Waals surface area contributed by atoms with E-state index in [0.29, 0.717) is 11.1 Å². The number of aromatic nitrogens is 1. The van der Waals surface area contributed by atoms with Crippen LogP contribution in [-0.4, -0.2) is 11.3 Å². The van der Waals surface area contributed by atoms with Gasteiger partial charge in [0.1, 0.15) is 0 Å². The first-order valence-electron chi connectivity index (χ1n) is 7.34. The van der Waals surface area contributed by atoms with Crippen LogP contribution in [0.3, 0.4) is 0 Å². The van der Waals surface area contributed by atoms with Gasteiger partial charge in [-0.1, -0.05) is 38.8 Å². The highest BCUT2D eigenvalue weighted by Crippen LogP contribution is 2.23. The highest BCUT2D eigenvalue weighted by molar-refractivity contribution is 5.98. The third kappa shape index (κ3) is 2.82. The van der Waals surface area contributed by atoms with Gasteiger partial charge in [0, 0.05) is 17.0 Å². The SMILES string of the molecule is CCCCc1cc(=O)[nH]c2c(C=O)c(CCC)ccc12. The minimum Gasteiger partial charge on any atom is -0.321 e. The summed E-state index contributed by atoms with van der Waals surface area (Å²) in [5.41, 5.74) is 3.26. The van der Waals surface area contributed by atoms with E-state index in [1.807, 2.05) is 12.1 Å². The standard InChI is InChI=1S/C17H21NO2/c1-3-5-7-13-10-16(20)18-17-14(13)9-8-12(6-4-2)15(17)11-19/h8-11H,3-7H2,1-2H3,(H,18,20). The number of benzene rings is 1. The van der Waals surface area contributed by atoms with Crippen LogP contribution in [-0.2, 0) is 12.8 Å². The molecule has 106 valence electrons. The van der Waals surface area contributed by atoms with Gasteiger partial charge in [0.05, 0.1) is 5.52 Å². The summed E-state index contributed by atoms with van der Waals surface area (Å²) in [6, 6.07) is 5.71. The molecule has 0 bridgehead atoms. The summed E-state index contributed by atoms with van der Waals surface area (Å²) < 4.78 is 0. The summed E-state index contributed by atoms with van der Waals surface area (Å²) >= 11 is 0. The number of fused-ring (bicyclic) bond motifs is 1. The van der Waals surface area contributed by atoms with E-state index in [2.05, 4.69) is 18.8 Å². The van der Waals surface area contributed by atoms with E-state index in [4.69, 9.17) is 0 Å². The maximum absolute atomic E-state index is 11.8. The van der Waals surface area contributed by atoms with Crippen molar-refractivity contribution in [3.63, 3.8) is 0 Å². The molecule has 0 spiro atoms. The fourth-order valence-corrected chi connectivity index (χ4v) is 2.66. The van der Waals surface area contributed by atoms with Crippen LogP contribution in [0.4, 0.5) is 0 Å². The van der Waals surface area contributed by atoms with Crippen molar-refractivity contribution < 1.29 is 4.79 Å². The third-order valence-electron chi connectivity index (χ3n) is 3.67. The summed E-state index contributed by atoms with van der Waals surface area (Å²) in [5, 5.41) is 1.00. The Morgan fingerprint density at radius 2 is 1.90 bits per heavy atom. The zero-order chi connectivity index (χ0) is 14.5. The number of hydrogen-bond acceptors (Lipinski definition) is 2. The van der Waals surface area contributed by atoms with Crippen molar-refractivity contribution in [2.45, 2.75) is 46.0 Å². The van der Waals surface area contributed by atoms with Gasteiger partial charge in [-0.2, -0.15) is 0 Å². The van der Waals surface area contributed by atoms with Crippen LogP contribution in [0.25, 0.3) is 10.9 Å². The van der Waals surface area contributed by atoms with E-state index in [1.165, 1.54) is 0 Å². The molecular formula is C17H21NO2. The Balaban J connectivity index is 2.67. The number of pyridine rings is 1. The number of unbranched alkanes of at least 4 members (excludes halogenated alkanes) is 1. The normalized spacial score (nSPS) is 10.9. The van der Waals surface area contributed by atoms with Crippen molar-refractivity contribution in [1.29, 1.82) is 0 Å². The van der Waals surface area contributed by atoms with Gasteiger partial charge in [-0.15, -0.1) is 0 Å². The molecule has 0 fully saturated rings. The highest BCUT2D eigenvalue weighted by Gasteiger charge is 2.10. The molecule has 3 nitrogen and oxygen atoms in total. The molecule has 1 aromatic heterocycles. The second-order valence-electron chi connectivity index (χ2n) is 5.19. The Hall–Kier alpha value is -1.90. The Kier molecular flexibility index (Phi) is 4.72. The van der Waals surface area contributed by atoms with Gasteiger partial charge in [-0.25, -0.2) is 0 Å². The van der Waals surface area contributed by atoms with Crippen LogP contribution in [0.15, 0.2) is 23.0 Å². The molecule has 0 aliphatic carbocycles. The van der Waals surface area contributed by atoms with Crippen LogP contribution in [0.1, 0.15) is 54.6 Å². The molecule has 0 atom stereocenters. The van der Waals surface area contributed by atoms with Crippen molar-refractivity contribution in [3.8, 4) is 0 Å². The maximum atomic E-state index is 11.8. The molecule has 0 saturated carbocycles. The topological polar surface area (TPSA) is 49.9 Å². The van der Waals surface area contributed by atoms with E-state index < -0.39 is 0 Å². The van der Waals surface area contributed by atoms with E-state index in [0.717, 1.165) is 54.9 Å². The first-order chi connectivity index (χ1) is 9.71. The van der Waals surface area contributed by atoms with Crippen LogP contribution >= 0.6 is 0 Å². The summed E-state index contributed by atoms with van der Waals surface area (Å²) in [4.78, 5) is 26.1. The lowest BCUT2D eigenvalue weighted by Crippen LogP contribution is -2.09. The first-order valence-corrected chi connectivity index (χ1v) is 7.34. The number of rotatable bonds is 6. The predicted molar refractivity (Wildman–Crippen MR) is 82.6 cm³/mol. The predicted octanol–water partition coefficient (Wildman–Crippen LogP) is 3.64. The molecule has 20 heavy (non-hydrogen) atoms. The number of nitrogens with one attached hydrogen (secondary N) is 1. The van der Waals surface area contributed by atoms with E-state index in [1.54, 1.807) is 6.07 Å². The Morgan fingerprint density at radius 3 is 2.55 bits per heavy atom. The molecule has 0 aliphatic rings. The molecule has 2 rings (SSSR count). The van der Waals surface area contributed by atoms with E-state index in [-0.39, 0.29) is 5.56 Å². The lowest BCUT2D eigenvalue weighted by molar-refractivity contribution is 0.112. The fourth-order valence-electron chi connectivity index (χ4n) is 2.66. The number of aldehydes is 1. The molecule has 1 heterocycles. The van der Waals surface area contributed by atoms with Crippen LogP contribution in [0, 0.1) is 0 Å². The second kappa shape index (κ2) is 6.51. The van der Waals surface area contributed by atoms with Gasteiger partial charge < -0.3 is 4.98 Å².